The van der Waals surface area contributed by atoms with Crippen LogP contribution in [0.2, 0.25) is 0 Å². The maximum Gasteiger partial charge on any atom is 0.132 e. The van der Waals surface area contributed by atoms with Gasteiger partial charge in [-0.3, -0.25) is 0 Å². The summed E-state index contributed by atoms with van der Waals surface area (Å²) in [5, 5.41) is 3.28. The zero-order valence-corrected chi connectivity index (χ0v) is 13.0. The van der Waals surface area contributed by atoms with Crippen molar-refractivity contribution in [2.45, 2.75) is 26.8 Å². The first-order chi connectivity index (χ1) is 10.2. The molecular weight excluding hydrogens is 262 g/mol. The Balaban J connectivity index is 1.91. The van der Waals surface area contributed by atoms with Gasteiger partial charge in [-0.15, -0.1) is 0 Å². The number of nitrogens with one attached hydrogen (secondary N) is 1. The Kier molecular flexibility index (Phi) is 5.84. The summed E-state index contributed by atoms with van der Waals surface area (Å²) in [6.45, 7) is 6.58. The number of aryl methyl sites for hydroxylation is 2. The predicted octanol–water partition coefficient (Wildman–Crippen LogP) is 2.42. The highest BCUT2D eigenvalue weighted by atomic mass is 16.5. The van der Waals surface area contributed by atoms with E-state index in [0.29, 0.717) is 6.61 Å². The van der Waals surface area contributed by atoms with E-state index in [4.69, 9.17) is 4.74 Å². The first-order valence-corrected chi connectivity index (χ1v) is 7.24. The van der Waals surface area contributed by atoms with Gasteiger partial charge in [-0.2, -0.15) is 0 Å². The van der Waals surface area contributed by atoms with Gasteiger partial charge in [0.15, 0.2) is 0 Å². The van der Waals surface area contributed by atoms with Gasteiger partial charge in [0.2, 0.25) is 0 Å². The molecule has 2 rings (SSSR count). The van der Waals surface area contributed by atoms with Crippen molar-refractivity contribution in [3.8, 4) is 0 Å². The molecule has 0 fully saturated rings. The fraction of sp³-hybridized carbons (Fsp3) is 0.412. The van der Waals surface area contributed by atoms with E-state index < -0.39 is 0 Å². The van der Waals surface area contributed by atoms with Crippen LogP contribution >= 0.6 is 0 Å². The van der Waals surface area contributed by atoms with E-state index >= 15 is 0 Å². The summed E-state index contributed by atoms with van der Waals surface area (Å²) in [5.41, 5.74) is 4.97. The summed E-state index contributed by atoms with van der Waals surface area (Å²) in [7, 11) is 1.70. The lowest BCUT2D eigenvalue weighted by molar-refractivity contribution is 0.199. The topological polar surface area (TPSA) is 47.0 Å². The van der Waals surface area contributed by atoms with Gasteiger partial charge in [-0.05, 0) is 30.5 Å². The third kappa shape index (κ3) is 4.92. The quantitative estimate of drug-likeness (QED) is 0.794. The number of hydrogen-bond acceptors (Lipinski definition) is 4. The summed E-state index contributed by atoms with van der Waals surface area (Å²) < 4.78 is 4.99. The van der Waals surface area contributed by atoms with Crippen molar-refractivity contribution < 1.29 is 4.74 Å². The molecule has 0 unspecified atom stereocenters. The lowest BCUT2D eigenvalue weighted by Gasteiger charge is -2.06. The smallest absolute Gasteiger partial charge is 0.132 e. The number of aromatic nitrogens is 2. The van der Waals surface area contributed by atoms with Gasteiger partial charge in [-0.1, -0.05) is 18.2 Å². The van der Waals surface area contributed by atoms with Crippen LogP contribution in [0.25, 0.3) is 0 Å². The van der Waals surface area contributed by atoms with Gasteiger partial charge in [0.1, 0.15) is 5.82 Å². The van der Waals surface area contributed by atoms with Crippen molar-refractivity contribution in [3.63, 3.8) is 0 Å². The number of ether oxygens (including phenoxy) is 1. The maximum absolute atomic E-state index is 4.99. The minimum atomic E-state index is 0.714. The Bertz CT molecular complexity index is 567. The molecule has 1 heterocycles. The van der Waals surface area contributed by atoms with Crippen LogP contribution in [-0.4, -0.2) is 30.2 Å². The van der Waals surface area contributed by atoms with Crippen molar-refractivity contribution in [2.75, 3.05) is 20.3 Å². The largest absolute Gasteiger partial charge is 0.383 e. The molecule has 4 nitrogen and oxygen atoms in total. The molecule has 0 spiro atoms. The van der Waals surface area contributed by atoms with Gasteiger partial charge in [-0.25, -0.2) is 9.97 Å². The molecule has 1 aromatic carbocycles. The highest BCUT2D eigenvalue weighted by Crippen LogP contribution is 2.12. The molecule has 0 bridgehead atoms. The van der Waals surface area contributed by atoms with Crippen LogP contribution in [-0.2, 0) is 17.7 Å². The second kappa shape index (κ2) is 7.86. The number of benzene rings is 1. The molecule has 21 heavy (non-hydrogen) atoms. The Morgan fingerprint density at radius 3 is 2.48 bits per heavy atom. The molecule has 2 aromatic rings. The Labute approximate surface area is 126 Å². The summed E-state index contributed by atoms with van der Waals surface area (Å²) in [5.74, 6) is 0.860. The van der Waals surface area contributed by atoms with Crippen LogP contribution in [0.3, 0.4) is 0 Å². The highest BCUT2D eigenvalue weighted by Gasteiger charge is 2.02. The number of rotatable bonds is 7. The Morgan fingerprint density at radius 1 is 1.05 bits per heavy atom. The number of nitrogens with zero attached hydrogens (tertiary/aromatic N) is 2. The van der Waals surface area contributed by atoms with Crippen molar-refractivity contribution in [1.29, 1.82) is 0 Å². The molecule has 0 atom stereocenters. The molecule has 1 aromatic heterocycles. The summed E-state index contributed by atoms with van der Waals surface area (Å²) >= 11 is 0. The summed E-state index contributed by atoms with van der Waals surface area (Å²) in [6, 6.07) is 6.50. The predicted molar refractivity (Wildman–Crippen MR) is 84.3 cm³/mol. The Hall–Kier alpha value is -1.78. The van der Waals surface area contributed by atoms with E-state index in [-0.39, 0.29) is 0 Å². The van der Waals surface area contributed by atoms with Crippen molar-refractivity contribution in [3.05, 3.63) is 58.7 Å². The van der Waals surface area contributed by atoms with Crippen molar-refractivity contribution in [2.24, 2.45) is 0 Å². The Morgan fingerprint density at radius 2 is 1.81 bits per heavy atom. The van der Waals surface area contributed by atoms with E-state index in [9.17, 15) is 0 Å². The van der Waals surface area contributed by atoms with Crippen LogP contribution in [0, 0.1) is 13.8 Å². The zero-order valence-electron chi connectivity index (χ0n) is 13.0. The third-order valence-corrected chi connectivity index (χ3v) is 3.50. The van der Waals surface area contributed by atoms with Crippen LogP contribution < -0.4 is 5.32 Å². The first kappa shape index (κ1) is 15.6. The number of methoxy groups -OCH3 is 1. The maximum atomic E-state index is 4.99. The summed E-state index contributed by atoms with van der Waals surface area (Å²) in [6.07, 6.45) is 4.56. The van der Waals surface area contributed by atoms with Gasteiger partial charge < -0.3 is 10.1 Å². The average molecular weight is 285 g/mol. The molecular formula is C17H23N3O. The van der Waals surface area contributed by atoms with E-state index in [2.05, 4.69) is 47.3 Å². The second-order valence-corrected chi connectivity index (χ2v) is 5.27. The highest BCUT2D eigenvalue weighted by molar-refractivity contribution is 5.31. The van der Waals surface area contributed by atoms with Gasteiger partial charge in [0, 0.05) is 44.6 Å². The fourth-order valence-corrected chi connectivity index (χ4v) is 2.07. The third-order valence-electron chi connectivity index (χ3n) is 3.50. The van der Waals surface area contributed by atoms with Gasteiger partial charge in [0.25, 0.3) is 0 Å². The number of hydrogen-bond donors (Lipinski definition) is 1. The van der Waals surface area contributed by atoms with Crippen LogP contribution in [0.4, 0.5) is 0 Å². The molecule has 0 aliphatic heterocycles. The molecule has 1 N–H and O–H groups in total. The molecule has 4 heteroatoms. The van der Waals surface area contributed by atoms with Crippen LogP contribution in [0.1, 0.15) is 28.1 Å². The molecule has 0 saturated heterocycles. The standard InChI is InChI=1S/C17H23N3O/c1-13-4-5-15(8-14(13)2)9-17-19-11-16(12-20-17)10-18-6-7-21-3/h4-5,8,11-12,18H,6-7,9-10H2,1-3H3. The van der Waals surface area contributed by atoms with Gasteiger partial charge >= 0.3 is 0 Å². The minimum absolute atomic E-state index is 0.714. The normalized spacial score (nSPS) is 10.8. The van der Waals surface area contributed by atoms with Crippen molar-refractivity contribution >= 4 is 0 Å². The SMILES string of the molecule is COCCNCc1cnc(Cc2ccc(C)c(C)c2)nc1. The lowest BCUT2D eigenvalue weighted by Crippen LogP contribution is -2.18. The minimum Gasteiger partial charge on any atom is -0.383 e. The lowest BCUT2D eigenvalue weighted by atomic mass is 10.0. The fourth-order valence-electron chi connectivity index (χ4n) is 2.07. The molecule has 0 aliphatic rings. The first-order valence-electron chi connectivity index (χ1n) is 7.24. The van der Waals surface area contributed by atoms with Gasteiger partial charge in [0.05, 0.1) is 6.61 Å². The van der Waals surface area contributed by atoms with Crippen molar-refractivity contribution in [1.82, 2.24) is 15.3 Å². The monoisotopic (exact) mass is 285 g/mol. The van der Waals surface area contributed by atoms with E-state index in [1.807, 2.05) is 12.4 Å². The average Bonchev–Trinajstić information content (AvgIpc) is 2.49. The summed E-state index contributed by atoms with van der Waals surface area (Å²) in [4.78, 5) is 8.89. The molecule has 0 radical (unpaired) electrons. The van der Waals surface area contributed by atoms with E-state index in [1.54, 1.807) is 7.11 Å². The second-order valence-electron chi connectivity index (χ2n) is 5.27. The molecule has 0 aliphatic carbocycles. The zero-order chi connectivity index (χ0) is 15.1. The molecule has 0 saturated carbocycles. The van der Waals surface area contributed by atoms with Crippen LogP contribution in [0.5, 0.6) is 0 Å². The molecule has 0 amide bonds. The molecule has 112 valence electrons. The van der Waals surface area contributed by atoms with Crippen LogP contribution in [0.15, 0.2) is 30.6 Å². The van der Waals surface area contributed by atoms with E-state index in [1.165, 1.54) is 16.7 Å². The van der Waals surface area contributed by atoms with E-state index in [0.717, 1.165) is 30.9 Å².